The van der Waals surface area contributed by atoms with Crippen molar-refractivity contribution >= 4 is 5.97 Å². The summed E-state index contributed by atoms with van der Waals surface area (Å²) in [5, 5.41) is 14.0. The molecule has 1 N–H and O–H groups in total. The van der Waals surface area contributed by atoms with Gasteiger partial charge in [-0.15, -0.1) is 0 Å². The second kappa shape index (κ2) is 6.18. The molecule has 1 aliphatic rings. The lowest BCUT2D eigenvalue weighted by Crippen LogP contribution is -2.54. The minimum atomic E-state index is -0.669. The van der Waals surface area contributed by atoms with Crippen LogP contribution in [0.3, 0.4) is 0 Å². The van der Waals surface area contributed by atoms with E-state index in [0.29, 0.717) is 6.04 Å². The molecule has 5 nitrogen and oxygen atoms in total. The van der Waals surface area contributed by atoms with Crippen LogP contribution < -0.4 is 0 Å². The van der Waals surface area contributed by atoms with E-state index in [4.69, 9.17) is 0 Å². The van der Waals surface area contributed by atoms with Gasteiger partial charge in [0.05, 0.1) is 18.2 Å². The second-order valence-corrected chi connectivity index (χ2v) is 6.55. The van der Waals surface area contributed by atoms with Gasteiger partial charge in [0, 0.05) is 24.3 Å². The fourth-order valence-electron chi connectivity index (χ4n) is 3.89. The van der Waals surface area contributed by atoms with Crippen molar-refractivity contribution in [3.63, 3.8) is 0 Å². The van der Waals surface area contributed by atoms with Crippen LogP contribution in [0.25, 0.3) is 0 Å². The molecule has 118 valence electrons. The third kappa shape index (κ3) is 3.28. The second-order valence-electron chi connectivity index (χ2n) is 6.55. The van der Waals surface area contributed by atoms with Crippen molar-refractivity contribution in [3.05, 3.63) is 17.5 Å². The molecule has 1 fully saturated rings. The molecule has 0 saturated carbocycles. The normalized spacial score (nSPS) is 30.5. The number of carboxylic acids is 1. The summed E-state index contributed by atoms with van der Waals surface area (Å²) in [7, 11) is 0. The van der Waals surface area contributed by atoms with E-state index in [-0.39, 0.29) is 17.9 Å². The summed E-state index contributed by atoms with van der Waals surface area (Å²) in [5.74, 6) is -0.711. The quantitative estimate of drug-likeness (QED) is 0.925. The van der Waals surface area contributed by atoms with Crippen molar-refractivity contribution < 1.29 is 9.90 Å². The predicted octanol–water partition coefficient (Wildman–Crippen LogP) is 2.32. The van der Waals surface area contributed by atoms with E-state index < -0.39 is 5.97 Å². The number of rotatable bonds is 4. The predicted molar refractivity (Wildman–Crippen MR) is 82.2 cm³/mol. The average molecular weight is 293 g/mol. The van der Waals surface area contributed by atoms with Gasteiger partial charge in [0.25, 0.3) is 0 Å². The van der Waals surface area contributed by atoms with Crippen molar-refractivity contribution in [2.45, 2.75) is 59.7 Å². The zero-order valence-corrected chi connectivity index (χ0v) is 13.7. The first-order valence-corrected chi connectivity index (χ1v) is 7.81. The van der Waals surface area contributed by atoms with Crippen LogP contribution in [0.2, 0.25) is 0 Å². The van der Waals surface area contributed by atoms with Crippen molar-refractivity contribution in [2.75, 3.05) is 6.54 Å². The SMILES string of the molecule is Cc1cc(C)n(CCN2C(C)CC(C)C(C(=O)O)C2C)n1. The lowest BCUT2D eigenvalue weighted by Gasteiger charge is -2.45. The lowest BCUT2D eigenvalue weighted by molar-refractivity contribution is -0.149. The summed E-state index contributed by atoms with van der Waals surface area (Å²) in [4.78, 5) is 13.8. The summed E-state index contributed by atoms with van der Waals surface area (Å²) in [5.41, 5.74) is 2.19. The first-order valence-electron chi connectivity index (χ1n) is 7.81. The van der Waals surface area contributed by atoms with Gasteiger partial charge < -0.3 is 5.11 Å². The molecule has 0 radical (unpaired) electrons. The summed E-state index contributed by atoms with van der Waals surface area (Å²) < 4.78 is 2.02. The lowest BCUT2D eigenvalue weighted by atomic mass is 9.78. The van der Waals surface area contributed by atoms with E-state index in [2.05, 4.69) is 36.8 Å². The van der Waals surface area contributed by atoms with E-state index in [1.807, 2.05) is 18.5 Å². The molecule has 1 aromatic rings. The molecule has 4 unspecified atom stereocenters. The molecule has 1 aliphatic heterocycles. The van der Waals surface area contributed by atoms with Crippen molar-refractivity contribution in [2.24, 2.45) is 11.8 Å². The number of likely N-dealkylation sites (tertiary alicyclic amines) is 1. The Kier molecular flexibility index (Phi) is 4.71. The van der Waals surface area contributed by atoms with Crippen molar-refractivity contribution in [1.29, 1.82) is 0 Å². The van der Waals surface area contributed by atoms with Gasteiger partial charge in [-0.1, -0.05) is 6.92 Å². The highest BCUT2D eigenvalue weighted by Crippen LogP contribution is 2.32. The Morgan fingerprint density at radius 1 is 1.33 bits per heavy atom. The van der Waals surface area contributed by atoms with Gasteiger partial charge in [0.15, 0.2) is 0 Å². The van der Waals surface area contributed by atoms with Gasteiger partial charge in [-0.25, -0.2) is 0 Å². The topological polar surface area (TPSA) is 58.4 Å². The molecule has 0 aliphatic carbocycles. The number of piperidine rings is 1. The van der Waals surface area contributed by atoms with Crippen LogP contribution >= 0.6 is 0 Å². The Labute approximate surface area is 126 Å². The number of nitrogens with zero attached hydrogens (tertiary/aromatic N) is 3. The summed E-state index contributed by atoms with van der Waals surface area (Å²) in [6.07, 6.45) is 0.943. The van der Waals surface area contributed by atoms with Crippen LogP contribution in [-0.2, 0) is 11.3 Å². The highest BCUT2D eigenvalue weighted by molar-refractivity contribution is 5.71. The molecule has 21 heavy (non-hydrogen) atoms. The van der Waals surface area contributed by atoms with E-state index in [1.165, 1.54) is 0 Å². The Bertz CT molecular complexity index is 512. The van der Waals surface area contributed by atoms with Gasteiger partial charge in [0.1, 0.15) is 0 Å². The van der Waals surface area contributed by atoms with E-state index in [0.717, 1.165) is 30.9 Å². The zero-order valence-electron chi connectivity index (χ0n) is 13.7. The molecule has 0 spiro atoms. The minimum Gasteiger partial charge on any atom is -0.481 e. The molecule has 1 aromatic heterocycles. The molecule has 2 rings (SSSR count). The van der Waals surface area contributed by atoms with Crippen LogP contribution in [0.5, 0.6) is 0 Å². The van der Waals surface area contributed by atoms with E-state index in [1.54, 1.807) is 0 Å². The number of aromatic nitrogens is 2. The third-order valence-corrected chi connectivity index (χ3v) is 4.89. The summed E-state index contributed by atoms with van der Waals surface area (Å²) >= 11 is 0. The molecule has 1 saturated heterocycles. The maximum absolute atomic E-state index is 11.5. The number of carbonyl (C=O) groups is 1. The highest BCUT2D eigenvalue weighted by atomic mass is 16.4. The minimum absolute atomic E-state index is 0.0678. The van der Waals surface area contributed by atoms with Crippen LogP contribution in [0.4, 0.5) is 0 Å². The standard InChI is InChI=1S/C16H27N3O2/c1-10-8-12(3)18(14(5)15(10)16(20)21)6-7-19-13(4)9-11(2)17-19/h9-10,12,14-15H,6-8H2,1-5H3,(H,20,21). The molecule has 0 aromatic carbocycles. The Morgan fingerprint density at radius 2 is 2.00 bits per heavy atom. The van der Waals surface area contributed by atoms with Crippen LogP contribution in [-0.4, -0.2) is 44.4 Å². The number of hydrogen-bond acceptors (Lipinski definition) is 3. The number of hydrogen-bond donors (Lipinski definition) is 1. The van der Waals surface area contributed by atoms with E-state index in [9.17, 15) is 9.90 Å². The Hall–Kier alpha value is -1.36. The van der Waals surface area contributed by atoms with Crippen molar-refractivity contribution in [1.82, 2.24) is 14.7 Å². The molecule has 4 atom stereocenters. The largest absolute Gasteiger partial charge is 0.481 e. The van der Waals surface area contributed by atoms with Gasteiger partial charge in [-0.05, 0) is 46.1 Å². The van der Waals surface area contributed by atoms with Crippen LogP contribution in [0.1, 0.15) is 38.6 Å². The number of aliphatic carboxylic acids is 1. The van der Waals surface area contributed by atoms with Gasteiger partial charge >= 0.3 is 5.97 Å². The summed E-state index contributed by atoms with van der Waals surface area (Å²) in [6, 6.07) is 2.56. The number of aryl methyl sites for hydroxylation is 2. The molecule has 5 heteroatoms. The fourth-order valence-corrected chi connectivity index (χ4v) is 3.89. The first-order chi connectivity index (χ1) is 9.81. The third-order valence-electron chi connectivity index (χ3n) is 4.89. The van der Waals surface area contributed by atoms with Gasteiger partial charge in [-0.2, -0.15) is 5.10 Å². The maximum atomic E-state index is 11.5. The average Bonchev–Trinajstić information content (AvgIpc) is 2.66. The molecular formula is C16H27N3O2. The smallest absolute Gasteiger partial charge is 0.308 e. The van der Waals surface area contributed by atoms with Gasteiger partial charge in [-0.3, -0.25) is 14.4 Å². The Balaban J connectivity index is 2.07. The fraction of sp³-hybridized carbons (Fsp3) is 0.750. The molecular weight excluding hydrogens is 266 g/mol. The van der Waals surface area contributed by atoms with Crippen LogP contribution in [0.15, 0.2) is 6.07 Å². The summed E-state index contributed by atoms with van der Waals surface area (Å²) in [6.45, 7) is 12.0. The van der Waals surface area contributed by atoms with Gasteiger partial charge in [0.2, 0.25) is 0 Å². The molecule has 2 heterocycles. The van der Waals surface area contributed by atoms with Crippen LogP contribution in [0, 0.1) is 25.7 Å². The Morgan fingerprint density at radius 3 is 2.52 bits per heavy atom. The maximum Gasteiger partial charge on any atom is 0.308 e. The number of carboxylic acid groups (broad SMARTS) is 1. The molecule has 0 amide bonds. The van der Waals surface area contributed by atoms with E-state index >= 15 is 0 Å². The molecule has 0 bridgehead atoms. The zero-order chi connectivity index (χ0) is 15.7. The highest BCUT2D eigenvalue weighted by Gasteiger charge is 2.40. The first kappa shape index (κ1) is 16.0. The van der Waals surface area contributed by atoms with Crippen molar-refractivity contribution in [3.8, 4) is 0 Å². The monoisotopic (exact) mass is 293 g/mol.